The van der Waals surface area contributed by atoms with Gasteiger partial charge in [0.15, 0.2) is 0 Å². The molecule has 142 valence electrons. The molecule has 0 atom stereocenters. The summed E-state index contributed by atoms with van der Waals surface area (Å²) in [6.45, 7) is 6.81. The fourth-order valence-corrected chi connectivity index (χ4v) is 4.48. The number of anilines is 3. The van der Waals surface area contributed by atoms with Gasteiger partial charge < -0.3 is 4.90 Å². The van der Waals surface area contributed by atoms with Crippen LogP contribution in [-0.4, -0.2) is 0 Å². The Morgan fingerprint density at radius 1 is 0.586 bits per heavy atom. The molecule has 1 heterocycles. The van der Waals surface area contributed by atoms with Gasteiger partial charge in [0, 0.05) is 11.1 Å². The normalized spacial score (nSPS) is 14.2. The molecular weight excluding hydrogens is 350 g/mol. The molecule has 29 heavy (non-hydrogen) atoms. The van der Waals surface area contributed by atoms with Crippen molar-refractivity contribution in [1.29, 1.82) is 0 Å². The van der Waals surface area contributed by atoms with Crippen molar-refractivity contribution >= 4 is 17.1 Å². The first kappa shape index (κ1) is 17.8. The molecule has 0 radical (unpaired) electrons. The van der Waals surface area contributed by atoms with E-state index in [1.807, 2.05) is 0 Å². The Morgan fingerprint density at radius 3 is 1.97 bits per heavy atom. The first-order valence-corrected chi connectivity index (χ1v) is 10.2. The van der Waals surface area contributed by atoms with Crippen LogP contribution in [0.5, 0.6) is 0 Å². The number of hydrogen-bond donors (Lipinski definition) is 0. The van der Waals surface area contributed by atoms with Gasteiger partial charge >= 0.3 is 0 Å². The van der Waals surface area contributed by atoms with Crippen LogP contribution >= 0.6 is 0 Å². The van der Waals surface area contributed by atoms with Crippen LogP contribution in [-0.2, 0) is 5.41 Å². The van der Waals surface area contributed by atoms with Crippen LogP contribution in [0.15, 0.2) is 97.1 Å². The molecule has 0 spiro atoms. The second-order valence-electron chi connectivity index (χ2n) is 8.41. The van der Waals surface area contributed by atoms with Gasteiger partial charge in [-0.15, -0.1) is 0 Å². The third kappa shape index (κ3) is 2.86. The van der Waals surface area contributed by atoms with Crippen LogP contribution in [0.3, 0.4) is 0 Å². The minimum absolute atomic E-state index is 0.0715. The minimum atomic E-state index is -0.0715. The maximum atomic E-state index is 2.40. The van der Waals surface area contributed by atoms with Gasteiger partial charge in [-0.2, -0.15) is 0 Å². The maximum absolute atomic E-state index is 2.40. The Balaban J connectivity index is 1.75. The van der Waals surface area contributed by atoms with Crippen molar-refractivity contribution in [3.05, 3.63) is 114 Å². The Hall–Kier alpha value is -3.32. The third-order valence-corrected chi connectivity index (χ3v) is 6.13. The largest absolute Gasteiger partial charge is 0.310 e. The second-order valence-corrected chi connectivity index (χ2v) is 8.41. The molecular formula is C28H25N. The molecule has 0 fully saturated rings. The molecule has 0 N–H and O–H groups in total. The zero-order valence-electron chi connectivity index (χ0n) is 17.2. The Bertz CT molecular complexity index is 1170. The molecule has 1 nitrogen and oxygen atoms in total. The van der Waals surface area contributed by atoms with Crippen molar-refractivity contribution in [1.82, 2.24) is 0 Å². The zero-order chi connectivity index (χ0) is 20.0. The first-order chi connectivity index (χ1) is 14.1. The molecule has 5 rings (SSSR count). The number of para-hydroxylation sites is 2. The van der Waals surface area contributed by atoms with Gasteiger partial charge in [-0.1, -0.05) is 86.1 Å². The van der Waals surface area contributed by atoms with Crippen molar-refractivity contribution in [3.63, 3.8) is 0 Å². The number of benzene rings is 4. The monoisotopic (exact) mass is 375 g/mol. The van der Waals surface area contributed by atoms with E-state index < -0.39 is 0 Å². The summed E-state index contributed by atoms with van der Waals surface area (Å²) in [6.07, 6.45) is 0. The molecule has 0 amide bonds. The summed E-state index contributed by atoms with van der Waals surface area (Å²) in [5, 5.41) is 0. The standard InChI is InChI=1S/C28H25N/c1-20-13-15-21(16-14-20)22-17-18-27-25(19-22)28(2,3)24-11-7-8-12-26(24)29(27)23-9-5-4-6-10-23/h4-19H,1-3H3. The van der Waals surface area contributed by atoms with Gasteiger partial charge in [0.2, 0.25) is 0 Å². The van der Waals surface area contributed by atoms with Crippen LogP contribution in [0, 0.1) is 6.92 Å². The maximum Gasteiger partial charge on any atom is 0.0503 e. The van der Waals surface area contributed by atoms with Gasteiger partial charge in [0.05, 0.1) is 11.4 Å². The van der Waals surface area contributed by atoms with E-state index in [1.165, 1.54) is 44.9 Å². The predicted molar refractivity (Wildman–Crippen MR) is 123 cm³/mol. The number of fused-ring (bicyclic) bond motifs is 2. The van der Waals surface area contributed by atoms with Gasteiger partial charge in [0.1, 0.15) is 0 Å². The summed E-state index contributed by atoms with van der Waals surface area (Å²) in [5.41, 5.74) is 10.2. The zero-order valence-corrected chi connectivity index (χ0v) is 17.2. The molecule has 1 aliphatic heterocycles. The number of aryl methyl sites for hydroxylation is 1. The number of rotatable bonds is 2. The summed E-state index contributed by atoms with van der Waals surface area (Å²) < 4.78 is 0. The molecule has 0 aromatic heterocycles. The van der Waals surface area contributed by atoms with E-state index in [2.05, 4.69) is 123 Å². The predicted octanol–water partition coefficient (Wildman–Crippen LogP) is 7.77. The Labute approximate surface area is 173 Å². The van der Waals surface area contributed by atoms with Crippen molar-refractivity contribution < 1.29 is 0 Å². The highest BCUT2D eigenvalue weighted by Gasteiger charge is 2.36. The van der Waals surface area contributed by atoms with Crippen LogP contribution in [0.2, 0.25) is 0 Å². The summed E-state index contributed by atoms with van der Waals surface area (Å²) >= 11 is 0. The van der Waals surface area contributed by atoms with E-state index >= 15 is 0 Å². The first-order valence-electron chi connectivity index (χ1n) is 10.2. The highest BCUT2D eigenvalue weighted by molar-refractivity contribution is 5.87. The Morgan fingerprint density at radius 2 is 1.21 bits per heavy atom. The quantitative estimate of drug-likeness (QED) is 0.346. The van der Waals surface area contributed by atoms with Crippen LogP contribution in [0.25, 0.3) is 11.1 Å². The van der Waals surface area contributed by atoms with Crippen molar-refractivity contribution in [2.75, 3.05) is 4.90 Å². The summed E-state index contributed by atoms with van der Waals surface area (Å²) in [6, 6.07) is 35.2. The van der Waals surface area contributed by atoms with Crippen LogP contribution < -0.4 is 4.90 Å². The van der Waals surface area contributed by atoms with Gasteiger partial charge in [-0.05, 0) is 59.5 Å². The molecule has 0 unspecified atom stereocenters. The van der Waals surface area contributed by atoms with E-state index in [4.69, 9.17) is 0 Å². The Kier molecular flexibility index (Phi) is 4.06. The van der Waals surface area contributed by atoms with Crippen LogP contribution in [0.4, 0.5) is 17.1 Å². The fourth-order valence-electron chi connectivity index (χ4n) is 4.48. The molecule has 0 bridgehead atoms. The third-order valence-electron chi connectivity index (χ3n) is 6.13. The molecule has 0 saturated carbocycles. The SMILES string of the molecule is Cc1ccc(-c2ccc3c(c2)C(C)(C)c2ccccc2N3c2ccccc2)cc1. The van der Waals surface area contributed by atoms with E-state index in [9.17, 15) is 0 Å². The number of nitrogens with zero attached hydrogens (tertiary/aromatic N) is 1. The lowest BCUT2D eigenvalue weighted by Crippen LogP contribution is -2.30. The van der Waals surface area contributed by atoms with Crippen LogP contribution in [0.1, 0.15) is 30.5 Å². The average molecular weight is 376 g/mol. The average Bonchev–Trinajstić information content (AvgIpc) is 2.75. The van der Waals surface area contributed by atoms with Crippen molar-refractivity contribution in [2.45, 2.75) is 26.2 Å². The highest BCUT2D eigenvalue weighted by Crippen LogP contribution is 2.52. The van der Waals surface area contributed by atoms with Gasteiger partial charge in [-0.25, -0.2) is 0 Å². The topological polar surface area (TPSA) is 3.24 Å². The van der Waals surface area contributed by atoms with Crippen molar-refractivity contribution in [3.8, 4) is 11.1 Å². The highest BCUT2D eigenvalue weighted by atomic mass is 15.2. The smallest absolute Gasteiger partial charge is 0.0503 e. The summed E-state index contributed by atoms with van der Waals surface area (Å²) in [4.78, 5) is 2.40. The lowest BCUT2D eigenvalue weighted by Gasteiger charge is -2.42. The summed E-state index contributed by atoms with van der Waals surface area (Å²) in [7, 11) is 0. The lowest BCUT2D eigenvalue weighted by molar-refractivity contribution is 0.632. The van der Waals surface area contributed by atoms with Gasteiger partial charge in [0.25, 0.3) is 0 Å². The molecule has 1 aliphatic rings. The van der Waals surface area contributed by atoms with E-state index in [0.29, 0.717) is 0 Å². The second kappa shape index (κ2) is 6.63. The molecule has 4 aromatic carbocycles. The van der Waals surface area contributed by atoms with E-state index in [-0.39, 0.29) is 5.41 Å². The fraction of sp³-hybridized carbons (Fsp3) is 0.143. The van der Waals surface area contributed by atoms with E-state index in [0.717, 1.165) is 0 Å². The van der Waals surface area contributed by atoms with Gasteiger partial charge in [-0.3, -0.25) is 0 Å². The van der Waals surface area contributed by atoms with E-state index in [1.54, 1.807) is 0 Å². The number of hydrogen-bond acceptors (Lipinski definition) is 1. The molecule has 1 heteroatoms. The lowest BCUT2D eigenvalue weighted by atomic mass is 9.73. The molecule has 0 saturated heterocycles. The summed E-state index contributed by atoms with van der Waals surface area (Å²) in [5.74, 6) is 0. The molecule has 0 aliphatic carbocycles. The molecule has 4 aromatic rings. The van der Waals surface area contributed by atoms with Crippen molar-refractivity contribution in [2.24, 2.45) is 0 Å². The minimum Gasteiger partial charge on any atom is -0.310 e.